The van der Waals surface area contributed by atoms with Crippen LogP contribution in [0.3, 0.4) is 0 Å². The summed E-state index contributed by atoms with van der Waals surface area (Å²) in [5.41, 5.74) is -3.51. The summed E-state index contributed by atoms with van der Waals surface area (Å²) in [7, 11) is -1.00. The number of fused-ring (bicyclic) bond motifs is 3. The van der Waals surface area contributed by atoms with Crippen LogP contribution in [-0.2, 0) is 33.9 Å². The van der Waals surface area contributed by atoms with Gasteiger partial charge in [-0.15, -0.1) is 0 Å². The van der Waals surface area contributed by atoms with E-state index in [-0.39, 0.29) is 37.6 Å². The van der Waals surface area contributed by atoms with Crippen LogP contribution in [0.2, 0.25) is 0 Å². The van der Waals surface area contributed by atoms with Gasteiger partial charge in [-0.1, -0.05) is 26.0 Å². The van der Waals surface area contributed by atoms with Gasteiger partial charge in [0.1, 0.15) is 6.10 Å². The predicted octanol–water partition coefficient (Wildman–Crippen LogP) is 6.56. The molecular weight excluding hydrogens is 789 g/mol. The topological polar surface area (TPSA) is 167 Å². The third kappa shape index (κ3) is 9.07. The number of sulfonamides is 1. The van der Waals surface area contributed by atoms with Crippen molar-refractivity contribution in [2.24, 2.45) is 29.1 Å². The van der Waals surface area contributed by atoms with Gasteiger partial charge in [0.25, 0.3) is 5.92 Å². The van der Waals surface area contributed by atoms with E-state index >= 15 is 0 Å². The second kappa shape index (κ2) is 16.3. The van der Waals surface area contributed by atoms with Gasteiger partial charge in [0.15, 0.2) is 22.9 Å². The number of nitrogens with one attached hydrogen (secondary N) is 1. The highest BCUT2D eigenvalue weighted by Gasteiger charge is 2.63. The summed E-state index contributed by atoms with van der Waals surface area (Å²) in [6.45, 7) is 8.22. The summed E-state index contributed by atoms with van der Waals surface area (Å²) in [5, 5.41) is 1.31. The SMILES string of the molecule is COc1cc2ccnc(O[C@@H]3C[C@H]4C(=O)C[C@]5(C(=O)NS(=O)(=O)C6(C)CC6)C[C@H]5/C=C\CC[C@H](C)C[C@@H](C)[C@H](CC(=O)OC(C)(C)C(C)(F)F)C(=O)N4C3)c2cc1OC. The summed E-state index contributed by atoms with van der Waals surface area (Å²) in [5.74, 6) is -6.79. The Bertz CT molecular complexity index is 2120. The van der Waals surface area contributed by atoms with E-state index in [1.807, 2.05) is 26.0 Å². The summed E-state index contributed by atoms with van der Waals surface area (Å²) in [6, 6.07) is 4.12. The van der Waals surface area contributed by atoms with Crippen LogP contribution in [0, 0.1) is 29.1 Å². The molecule has 2 aliphatic carbocycles. The van der Waals surface area contributed by atoms with Crippen LogP contribution >= 0.6 is 0 Å². The number of rotatable bonds is 11. The number of benzene rings is 1. The number of ketones is 1. The second-order valence-corrected chi connectivity index (χ2v) is 20.2. The number of pyridine rings is 1. The molecule has 0 radical (unpaired) electrons. The lowest BCUT2D eigenvalue weighted by atomic mass is 9.82. The Morgan fingerprint density at radius 3 is 2.37 bits per heavy atom. The molecule has 16 heteroatoms. The quantitative estimate of drug-likeness (QED) is 0.192. The van der Waals surface area contributed by atoms with Gasteiger partial charge in [0, 0.05) is 31.3 Å². The van der Waals surface area contributed by atoms with Gasteiger partial charge in [0.2, 0.25) is 27.7 Å². The number of Topliss-reactive ketones (excluding diaryl/α,β-unsaturated/α-hetero) is 1. The third-order valence-corrected chi connectivity index (χ3v) is 15.3. The molecule has 2 amide bonds. The van der Waals surface area contributed by atoms with Crippen LogP contribution in [0.5, 0.6) is 17.4 Å². The van der Waals surface area contributed by atoms with E-state index in [4.69, 9.17) is 18.9 Å². The smallest absolute Gasteiger partial charge is 0.307 e. The molecule has 2 saturated carbocycles. The number of nitrogens with zero attached hydrogens (tertiary/aromatic N) is 2. The van der Waals surface area contributed by atoms with Crippen LogP contribution in [0.25, 0.3) is 10.8 Å². The van der Waals surface area contributed by atoms with E-state index in [0.717, 1.165) is 19.2 Å². The monoisotopic (exact) mass is 845 g/mol. The highest BCUT2D eigenvalue weighted by atomic mass is 32.2. The van der Waals surface area contributed by atoms with Crippen molar-refractivity contribution in [3.63, 3.8) is 0 Å². The summed E-state index contributed by atoms with van der Waals surface area (Å²) >= 11 is 0. The van der Waals surface area contributed by atoms with Crippen molar-refractivity contribution < 1.29 is 55.3 Å². The lowest BCUT2D eigenvalue weighted by Crippen LogP contribution is -2.49. The van der Waals surface area contributed by atoms with E-state index in [2.05, 4.69) is 9.71 Å². The van der Waals surface area contributed by atoms with Crippen molar-refractivity contribution in [2.75, 3.05) is 20.8 Å². The Kier molecular flexibility index (Phi) is 12.2. The minimum Gasteiger partial charge on any atom is -0.493 e. The first-order valence-corrected chi connectivity index (χ1v) is 21.9. The number of methoxy groups -OCH3 is 2. The molecule has 1 aromatic carbocycles. The Labute approximate surface area is 345 Å². The molecule has 4 aliphatic rings. The lowest BCUT2D eigenvalue weighted by molar-refractivity contribution is -0.197. The van der Waals surface area contributed by atoms with Gasteiger partial charge in [-0.25, -0.2) is 22.2 Å². The highest BCUT2D eigenvalue weighted by molar-refractivity contribution is 7.91. The third-order valence-electron chi connectivity index (χ3n) is 13.1. The number of aromatic nitrogens is 1. The molecular formula is C43H57F2N3O10S. The standard InChI is InChI=1S/C43H57F2N3O10S/c1-25-11-9-10-12-28-22-43(28,39(52)47-59(53,54)41(5)14-15-41)23-33(49)32-19-29(57-37-31-20-35(56-8)34(55-7)18-27(31)13-16-46-37)24-48(32)38(51)30(26(2)17-25)21-36(50)58-40(3,4)42(6,44)45/h10,12-13,16,18,20,25-26,28-30,32H,9,11,14-15,17,19,21-24H2,1-8H3,(H,47,52)/b12-10-/t25-,26+,28+,29+,30-,32-,43+/m0/s1. The summed E-state index contributed by atoms with van der Waals surface area (Å²) in [4.78, 5) is 63.0. The average molecular weight is 846 g/mol. The first kappa shape index (κ1) is 44.2. The van der Waals surface area contributed by atoms with Crippen LogP contribution < -0.4 is 18.9 Å². The van der Waals surface area contributed by atoms with Crippen molar-refractivity contribution in [1.29, 1.82) is 0 Å². The van der Waals surface area contributed by atoms with Crippen molar-refractivity contribution in [2.45, 2.75) is 128 Å². The van der Waals surface area contributed by atoms with Crippen LogP contribution in [-0.4, -0.2) is 91.0 Å². The van der Waals surface area contributed by atoms with Crippen molar-refractivity contribution >= 4 is 44.4 Å². The maximum absolute atomic E-state index is 14.9. The van der Waals surface area contributed by atoms with E-state index in [1.165, 1.54) is 19.1 Å². The molecule has 0 bridgehead atoms. The number of carbonyl (C=O) groups excluding carboxylic acids is 4. The fourth-order valence-corrected chi connectivity index (χ4v) is 9.74. The average Bonchev–Trinajstić information content (AvgIpc) is 4.04. The molecule has 0 spiro atoms. The molecule has 59 heavy (non-hydrogen) atoms. The maximum atomic E-state index is 14.9. The number of hydrogen-bond acceptors (Lipinski definition) is 11. The number of esters is 1. The van der Waals surface area contributed by atoms with Gasteiger partial charge in [0.05, 0.1) is 49.3 Å². The number of amides is 2. The maximum Gasteiger partial charge on any atom is 0.307 e. The highest BCUT2D eigenvalue weighted by Crippen LogP contribution is 2.58. The number of carbonyl (C=O) groups is 4. The summed E-state index contributed by atoms with van der Waals surface area (Å²) in [6.07, 6.45) is 6.68. The molecule has 0 unspecified atom stereocenters. The van der Waals surface area contributed by atoms with Crippen molar-refractivity contribution in [3.8, 4) is 17.4 Å². The molecule has 2 aromatic rings. The van der Waals surface area contributed by atoms with Gasteiger partial charge in [-0.05, 0) is 101 Å². The largest absolute Gasteiger partial charge is 0.493 e. The molecule has 6 rings (SSSR count). The molecule has 1 N–H and O–H groups in total. The zero-order chi connectivity index (χ0) is 43.3. The van der Waals surface area contributed by atoms with Gasteiger partial charge in [-0.3, -0.25) is 23.9 Å². The number of ether oxygens (including phenoxy) is 4. The predicted molar refractivity (Wildman–Crippen MR) is 214 cm³/mol. The molecule has 13 nitrogen and oxygen atoms in total. The van der Waals surface area contributed by atoms with E-state index in [0.29, 0.717) is 55.9 Å². The normalized spacial score (nSPS) is 29.3. The number of hydrogen-bond donors (Lipinski definition) is 1. The summed E-state index contributed by atoms with van der Waals surface area (Å²) < 4.78 is 79.4. The number of allylic oxidation sites excluding steroid dienone is 2. The first-order chi connectivity index (χ1) is 27.5. The molecule has 3 heterocycles. The van der Waals surface area contributed by atoms with Crippen LogP contribution in [0.1, 0.15) is 99.3 Å². The Morgan fingerprint density at radius 2 is 1.73 bits per heavy atom. The Morgan fingerprint density at radius 1 is 1.05 bits per heavy atom. The molecule has 7 atom stereocenters. The minimum atomic E-state index is -4.02. The van der Waals surface area contributed by atoms with Gasteiger partial charge in [-0.2, -0.15) is 0 Å². The van der Waals surface area contributed by atoms with Crippen molar-refractivity contribution in [1.82, 2.24) is 14.6 Å². The van der Waals surface area contributed by atoms with E-state index < -0.39 is 91.6 Å². The van der Waals surface area contributed by atoms with E-state index in [9.17, 15) is 36.4 Å². The zero-order valence-corrected chi connectivity index (χ0v) is 36.0. The van der Waals surface area contributed by atoms with E-state index in [1.54, 1.807) is 31.3 Å². The fourth-order valence-electron chi connectivity index (χ4n) is 8.41. The lowest BCUT2D eigenvalue weighted by Gasteiger charge is -2.34. The Hall–Kier alpha value is -4.34. The molecule has 1 aromatic heterocycles. The number of alkyl halides is 2. The Balaban J connectivity index is 1.36. The molecule has 324 valence electrons. The number of halogens is 2. The zero-order valence-electron chi connectivity index (χ0n) is 35.1. The first-order valence-electron chi connectivity index (χ1n) is 20.4. The van der Waals surface area contributed by atoms with Crippen molar-refractivity contribution in [3.05, 3.63) is 36.5 Å². The molecule has 3 fully saturated rings. The van der Waals surface area contributed by atoms with Gasteiger partial charge >= 0.3 is 5.97 Å². The second-order valence-electron chi connectivity index (χ2n) is 18.0. The van der Waals surface area contributed by atoms with Crippen LogP contribution in [0.4, 0.5) is 8.78 Å². The van der Waals surface area contributed by atoms with Gasteiger partial charge < -0.3 is 23.8 Å². The fraction of sp³-hybridized carbons (Fsp3) is 0.651. The molecule has 1 saturated heterocycles. The minimum absolute atomic E-state index is 0.00153. The molecule has 2 aliphatic heterocycles. The van der Waals surface area contributed by atoms with Crippen LogP contribution in [0.15, 0.2) is 36.5 Å².